The topological polar surface area (TPSA) is 97.8 Å². The summed E-state index contributed by atoms with van der Waals surface area (Å²) >= 11 is 0. The van der Waals surface area contributed by atoms with Gasteiger partial charge in [-0.15, -0.1) is 0 Å². The average molecular weight is 280 g/mol. The van der Waals surface area contributed by atoms with Crippen LogP contribution in [0.4, 0.5) is 0 Å². The van der Waals surface area contributed by atoms with Crippen LogP contribution in [0.3, 0.4) is 0 Å². The number of hydrogen-bond acceptors (Lipinski definition) is 5. The minimum atomic E-state index is -1.19. The summed E-state index contributed by atoms with van der Waals surface area (Å²) in [6, 6.07) is 2.80. The number of aromatic carboxylic acids is 1. The first kappa shape index (κ1) is 14.4. The van der Waals surface area contributed by atoms with Crippen LogP contribution >= 0.6 is 0 Å². The lowest BCUT2D eigenvalue weighted by molar-refractivity contribution is -0.137. The Morgan fingerprint density at radius 3 is 2.90 bits per heavy atom. The van der Waals surface area contributed by atoms with E-state index >= 15 is 0 Å². The maximum atomic E-state index is 12.0. The summed E-state index contributed by atoms with van der Waals surface area (Å²) in [4.78, 5) is 26.8. The monoisotopic (exact) mass is 280 g/mol. The summed E-state index contributed by atoms with van der Waals surface area (Å²) in [5.74, 6) is -2.40. The highest BCUT2D eigenvalue weighted by molar-refractivity contribution is 6.03. The Hall–Kier alpha value is -1.99. The molecule has 2 heterocycles. The number of amides is 1. The third-order valence-electron chi connectivity index (χ3n) is 2.81. The number of aromatic nitrogens is 1. The Morgan fingerprint density at radius 2 is 2.30 bits per heavy atom. The number of carboxylic acid groups (broad SMARTS) is 1. The van der Waals surface area contributed by atoms with Crippen LogP contribution in [0.5, 0.6) is 0 Å². The molecule has 0 aliphatic carbocycles. The second-order valence-electron chi connectivity index (χ2n) is 4.87. The predicted molar refractivity (Wildman–Crippen MR) is 68.4 cm³/mol. The summed E-state index contributed by atoms with van der Waals surface area (Å²) in [7, 11) is 0. The van der Waals surface area contributed by atoms with Gasteiger partial charge in [-0.05, 0) is 26.0 Å². The summed E-state index contributed by atoms with van der Waals surface area (Å²) in [5, 5.41) is 11.6. The molecule has 1 aromatic rings. The fraction of sp³-hybridized carbons (Fsp3) is 0.462. The molecule has 0 spiro atoms. The van der Waals surface area contributed by atoms with Gasteiger partial charge in [-0.1, -0.05) is 0 Å². The van der Waals surface area contributed by atoms with E-state index in [1.165, 1.54) is 18.3 Å². The maximum absolute atomic E-state index is 12.0. The SMILES string of the molecule is CC1(C)OCC(CNC(=O)c2ncccc2C(=O)O)O1. The summed E-state index contributed by atoms with van der Waals surface area (Å²) in [5.41, 5.74) is -0.243. The molecule has 2 N–H and O–H groups in total. The highest BCUT2D eigenvalue weighted by Crippen LogP contribution is 2.21. The molecule has 1 unspecified atom stereocenters. The Bertz CT molecular complexity index is 529. The molecule has 2 rings (SSSR count). The van der Waals surface area contributed by atoms with Crippen molar-refractivity contribution in [3.8, 4) is 0 Å². The van der Waals surface area contributed by atoms with E-state index < -0.39 is 17.7 Å². The molecule has 7 nitrogen and oxygen atoms in total. The number of carboxylic acids is 1. The fourth-order valence-corrected chi connectivity index (χ4v) is 1.91. The first-order valence-corrected chi connectivity index (χ1v) is 6.17. The molecular formula is C13H16N2O5. The molecule has 0 radical (unpaired) electrons. The molecule has 1 atom stereocenters. The van der Waals surface area contributed by atoms with Gasteiger partial charge in [0.05, 0.1) is 12.2 Å². The number of nitrogens with one attached hydrogen (secondary N) is 1. The molecule has 1 saturated heterocycles. The van der Waals surface area contributed by atoms with Crippen LogP contribution in [0.15, 0.2) is 18.3 Å². The summed E-state index contributed by atoms with van der Waals surface area (Å²) in [6.45, 7) is 4.19. The highest BCUT2D eigenvalue weighted by atomic mass is 16.7. The van der Waals surface area contributed by atoms with Gasteiger partial charge in [-0.3, -0.25) is 9.78 Å². The van der Waals surface area contributed by atoms with Gasteiger partial charge in [0, 0.05) is 12.7 Å². The van der Waals surface area contributed by atoms with E-state index in [0.717, 1.165) is 0 Å². The number of pyridine rings is 1. The van der Waals surface area contributed by atoms with Gasteiger partial charge in [-0.2, -0.15) is 0 Å². The van der Waals surface area contributed by atoms with E-state index in [0.29, 0.717) is 6.61 Å². The number of carbonyl (C=O) groups is 2. The lowest BCUT2D eigenvalue weighted by Crippen LogP contribution is -2.35. The molecule has 0 saturated carbocycles. The first-order chi connectivity index (χ1) is 9.39. The largest absolute Gasteiger partial charge is 0.478 e. The van der Waals surface area contributed by atoms with Crippen LogP contribution in [0.25, 0.3) is 0 Å². The van der Waals surface area contributed by atoms with Crippen LogP contribution in [0.2, 0.25) is 0 Å². The van der Waals surface area contributed by atoms with Crippen molar-refractivity contribution >= 4 is 11.9 Å². The molecule has 20 heavy (non-hydrogen) atoms. The van der Waals surface area contributed by atoms with Gasteiger partial charge in [0.2, 0.25) is 0 Å². The molecule has 108 valence electrons. The summed E-state index contributed by atoms with van der Waals surface area (Å²) in [6.07, 6.45) is 1.12. The van der Waals surface area contributed by atoms with Crippen molar-refractivity contribution in [2.24, 2.45) is 0 Å². The molecule has 7 heteroatoms. The third kappa shape index (κ3) is 3.31. The van der Waals surface area contributed by atoms with Crippen LogP contribution in [0.1, 0.15) is 34.7 Å². The van der Waals surface area contributed by atoms with Crippen molar-refractivity contribution in [2.75, 3.05) is 13.2 Å². The first-order valence-electron chi connectivity index (χ1n) is 6.17. The van der Waals surface area contributed by atoms with E-state index in [2.05, 4.69) is 10.3 Å². The van der Waals surface area contributed by atoms with Gasteiger partial charge in [0.15, 0.2) is 5.79 Å². The standard InChI is InChI=1S/C13H16N2O5/c1-13(2)19-7-8(20-13)6-15-11(16)10-9(12(17)18)4-3-5-14-10/h3-5,8H,6-7H2,1-2H3,(H,15,16)(H,17,18). The van der Waals surface area contributed by atoms with Crippen LogP contribution in [-0.4, -0.2) is 47.0 Å². The Balaban J connectivity index is 1.98. The molecule has 1 aromatic heterocycles. The molecule has 1 fully saturated rings. The normalized spacial score (nSPS) is 20.6. The second kappa shape index (κ2) is 5.56. The highest BCUT2D eigenvalue weighted by Gasteiger charge is 2.32. The van der Waals surface area contributed by atoms with Crippen molar-refractivity contribution in [1.82, 2.24) is 10.3 Å². The van der Waals surface area contributed by atoms with Crippen molar-refractivity contribution in [1.29, 1.82) is 0 Å². The van der Waals surface area contributed by atoms with E-state index in [9.17, 15) is 9.59 Å². The molecule has 1 amide bonds. The van der Waals surface area contributed by atoms with E-state index in [-0.39, 0.29) is 23.9 Å². The van der Waals surface area contributed by atoms with Crippen LogP contribution in [-0.2, 0) is 9.47 Å². The quantitative estimate of drug-likeness (QED) is 0.841. The zero-order chi connectivity index (χ0) is 14.8. The number of hydrogen-bond donors (Lipinski definition) is 2. The Labute approximate surface area is 115 Å². The number of ether oxygens (including phenoxy) is 2. The van der Waals surface area contributed by atoms with Crippen molar-refractivity contribution in [3.05, 3.63) is 29.6 Å². The van der Waals surface area contributed by atoms with E-state index in [1.54, 1.807) is 13.8 Å². The maximum Gasteiger partial charge on any atom is 0.338 e. The van der Waals surface area contributed by atoms with Gasteiger partial charge in [0.1, 0.15) is 11.8 Å². The Morgan fingerprint density at radius 1 is 1.55 bits per heavy atom. The van der Waals surface area contributed by atoms with Gasteiger partial charge in [-0.25, -0.2) is 4.79 Å². The number of carbonyl (C=O) groups excluding carboxylic acids is 1. The lowest BCUT2D eigenvalue weighted by atomic mass is 10.2. The van der Waals surface area contributed by atoms with Crippen molar-refractivity contribution < 1.29 is 24.2 Å². The zero-order valence-corrected chi connectivity index (χ0v) is 11.3. The van der Waals surface area contributed by atoms with Gasteiger partial charge < -0.3 is 19.9 Å². The number of nitrogens with zero attached hydrogens (tertiary/aromatic N) is 1. The third-order valence-corrected chi connectivity index (χ3v) is 2.81. The van der Waals surface area contributed by atoms with Crippen LogP contribution < -0.4 is 5.32 Å². The minimum absolute atomic E-state index is 0.113. The second-order valence-corrected chi connectivity index (χ2v) is 4.87. The van der Waals surface area contributed by atoms with Crippen molar-refractivity contribution in [2.45, 2.75) is 25.7 Å². The molecule has 1 aliphatic heterocycles. The molecule has 0 bridgehead atoms. The van der Waals surface area contributed by atoms with E-state index in [1.807, 2.05) is 0 Å². The fourth-order valence-electron chi connectivity index (χ4n) is 1.91. The average Bonchev–Trinajstić information content (AvgIpc) is 2.75. The minimum Gasteiger partial charge on any atom is -0.478 e. The lowest BCUT2D eigenvalue weighted by Gasteiger charge is -2.17. The van der Waals surface area contributed by atoms with Crippen LogP contribution in [0, 0.1) is 0 Å². The zero-order valence-electron chi connectivity index (χ0n) is 11.3. The van der Waals surface area contributed by atoms with Crippen molar-refractivity contribution in [3.63, 3.8) is 0 Å². The molecular weight excluding hydrogens is 264 g/mol. The molecule has 0 aromatic carbocycles. The summed E-state index contributed by atoms with van der Waals surface area (Å²) < 4.78 is 10.9. The smallest absolute Gasteiger partial charge is 0.338 e. The predicted octanol–water partition coefficient (Wildman–Crippen LogP) is 0.661. The Kier molecular flexibility index (Phi) is 4.01. The molecule has 1 aliphatic rings. The van der Waals surface area contributed by atoms with Gasteiger partial charge in [0.25, 0.3) is 5.91 Å². The van der Waals surface area contributed by atoms with E-state index in [4.69, 9.17) is 14.6 Å². The van der Waals surface area contributed by atoms with Gasteiger partial charge >= 0.3 is 5.97 Å². The number of rotatable bonds is 4.